The van der Waals surface area contributed by atoms with E-state index in [1.807, 2.05) is 0 Å². The second kappa shape index (κ2) is 23.9. The number of rotatable bonds is 23. The minimum Gasteiger partial charge on any atom is -0.481 e. The highest BCUT2D eigenvalue weighted by Crippen LogP contribution is 2.26. The summed E-state index contributed by atoms with van der Waals surface area (Å²) in [5.41, 5.74) is 0.483. The molecule has 346 valence electrons. The summed E-state index contributed by atoms with van der Waals surface area (Å²) >= 11 is 0. The number of nitrogens with zero attached hydrogens (tertiary/aromatic N) is 1. The molecule has 6 N–H and O–H groups in total. The Kier molecular flexibility index (Phi) is 19.1. The number of halogens is 4. The van der Waals surface area contributed by atoms with Crippen molar-refractivity contribution in [2.45, 2.75) is 83.1 Å². The third-order valence-electron chi connectivity index (χ3n) is 9.16. The van der Waals surface area contributed by atoms with Crippen LogP contribution in [-0.4, -0.2) is 114 Å². The average Bonchev–Trinajstić information content (AvgIpc) is 3.25. The Morgan fingerprint density at radius 3 is 1.81 bits per heavy atom. The number of methoxy groups -OCH3 is 2. The van der Waals surface area contributed by atoms with Gasteiger partial charge in [-0.1, -0.05) is 38.1 Å². The maximum Gasteiger partial charge on any atom is 0.308 e. The number of carboxylic acids is 1. The Bertz CT molecular complexity index is 2240. The number of benzene rings is 2. The Morgan fingerprint density at radius 1 is 0.672 bits per heavy atom. The summed E-state index contributed by atoms with van der Waals surface area (Å²) in [7, 11) is 1.92. The van der Waals surface area contributed by atoms with Gasteiger partial charge in [-0.05, 0) is 37.8 Å². The number of Topliss-reactive ketones (excluding diaryl/α,β-unsaturated/α-hetero) is 1. The van der Waals surface area contributed by atoms with Crippen molar-refractivity contribution in [3.63, 3.8) is 0 Å². The zero-order valence-corrected chi connectivity index (χ0v) is 35.1. The van der Waals surface area contributed by atoms with E-state index in [1.54, 1.807) is 44.2 Å². The zero-order valence-electron chi connectivity index (χ0n) is 35.1. The van der Waals surface area contributed by atoms with E-state index in [-0.39, 0.29) is 24.1 Å². The van der Waals surface area contributed by atoms with Crippen molar-refractivity contribution >= 4 is 64.1 Å². The number of hydrogen-bond donors (Lipinski definition) is 6. The molecule has 0 aliphatic rings. The van der Waals surface area contributed by atoms with Crippen molar-refractivity contribution < 1.29 is 80.0 Å². The molecule has 0 spiro atoms. The summed E-state index contributed by atoms with van der Waals surface area (Å²) in [5, 5.41) is 21.6. The number of carbonyl (C=O) groups excluding carboxylic acids is 8. The van der Waals surface area contributed by atoms with Gasteiger partial charge >= 0.3 is 17.9 Å². The lowest BCUT2D eigenvalue weighted by Gasteiger charge is -2.26. The molecule has 0 saturated heterocycles. The minimum absolute atomic E-state index is 0.0223. The molecular formula is C41H46F4N6O13. The van der Waals surface area contributed by atoms with Gasteiger partial charge in [-0.2, -0.15) is 8.78 Å². The summed E-state index contributed by atoms with van der Waals surface area (Å²) in [4.78, 5) is 121. The van der Waals surface area contributed by atoms with Crippen molar-refractivity contribution in [1.29, 1.82) is 0 Å². The zero-order chi connectivity index (χ0) is 47.8. The third-order valence-corrected chi connectivity index (χ3v) is 9.16. The number of aliphatic carboxylic acids is 1. The number of aromatic nitrogens is 1. The van der Waals surface area contributed by atoms with E-state index in [2.05, 4.69) is 45.8 Å². The van der Waals surface area contributed by atoms with E-state index >= 15 is 0 Å². The number of pyridine rings is 1. The van der Waals surface area contributed by atoms with Gasteiger partial charge in [-0.3, -0.25) is 43.2 Å². The number of ketones is 1. The number of para-hydroxylation sites is 1. The molecule has 1 aromatic heterocycles. The van der Waals surface area contributed by atoms with Crippen LogP contribution in [-0.2, 0) is 47.8 Å². The first-order valence-corrected chi connectivity index (χ1v) is 19.4. The average molecular weight is 907 g/mol. The first kappa shape index (κ1) is 51.2. The van der Waals surface area contributed by atoms with Crippen LogP contribution in [0.25, 0.3) is 10.9 Å². The Hall–Kier alpha value is -7.20. The molecule has 19 nitrogen and oxygen atoms in total. The van der Waals surface area contributed by atoms with Crippen molar-refractivity contribution in [3.05, 3.63) is 71.4 Å². The predicted octanol–water partition coefficient (Wildman–Crippen LogP) is 1.53. The van der Waals surface area contributed by atoms with Crippen molar-refractivity contribution in [1.82, 2.24) is 31.6 Å². The number of carboxylic acid groups (broad SMARTS) is 1. The van der Waals surface area contributed by atoms with Crippen molar-refractivity contribution in [2.24, 2.45) is 5.92 Å². The molecule has 23 heteroatoms. The number of nitrogens with one attached hydrogen (secondary N) is 5. The highest BCUT2D eigenvalue weighted by atomic mass is 19.2. The van der Waals surface area contributed by atoms with E-state index < -0.39 is 145 Å². The molecule has 2 aromatic carbocycles. The Labute approximate surface area is 362 Å². The molecule has 0 saturated carbocycles. The largest absolute Gasteiger partial charge is 0.481 e. The van der Waals surface area contributed by atoms with E-state index in [9.17, 15) is 65.8 Å². The molecule has 5 atom stereocenters. The van der Waals surface area contributed by atoms with E-state index in [0.29, 0.717) is 5.52 Å². The second-order valence-corrected chi connectivity index (χ2v) is 14.5. The highest BCUT2D eigenvalue weighted by molar-refractivity contribution is 6.00. The minimum atomic E-state index is -1.98. The van der Waals surface area contributed by atoms with Gasteiger partial charge in [0.25, 0.3) is 5.91 Å². The fourth-order valence-electron chi connectivity index (χ4n) is 5.76. The van der Waals surface area contributed by atoms with Crippen LogP contribution >= 0.6 is 0 Å². The molecule has 5 amide bonds. The van der Waals surface area contributed by atoms with Crippen LogP contribution in [0.5, 0.6) is 5.75 Å². The van der Waals surface area contributed by atoms with Gasteiger partial charge in [0, 0.05) is 17.9 Å². The quantitative estimate of drug-likeness (QED) is 0.0448. The first-order valence-electron chi connectivity index (χ1n) is 19.4. The topological polar surface area (TPSA) is 275 Å². The van der Waals surface area contributed by atoms with E-state index in [0.717, 1.165) is 26.5 Å². The summed E-state index contributed by atoms with van der Waals surface area (Å²) in [6, 6.07) is 1.64. The Morgan fingerprint density at radius 2 is 1.22 bits per heavy atom. The van der Waals surface area contributed by atoms with Gasteiger partial charge in [0.2, 0.25) is 35.3 Å². The van der Waals surface area contributed by atoms with Crippen LogP contribution in [0.4, 0.5) is 17.6 Å². The molecule has 3 rings (SSSR count). The fourth-order valence-corrected chi connectivity index (χ4v) is 5.76. The van der Waals surface area contributed by atoms with Crippen LogP contribution in [0.2, 0.25) is 0 Å². The lowest BCUT2D eigenvalue weighted by atomic mass is 10.0. The van der Waals surface area contributed by atoms with Crippen molar-refractivity contribution in [3.8, 4) is 5.75 Å². The lowest BCUT2D eigenvalue weighted by molar-refractivity contribution is -0.144. The molecular weight excluding hydrogens is 860 g/mol. The standard InChI is InChI=1S/C41H46F4N6O13/c1-19(2)14-28(50-39(59)25-11-10-21-8-6-7-9-24(21)47-25)40(60)51-29(17-33(56)63-5)41(61)48-26(12-13-31(53)54)38(58)46-20(3)37(57)49-27(16-32(55)62-4)30(52)18-64-36-34(44)22(42)15-23(43)35(36)45/h6-11,15,19-20,26-29H,12-14,16-18H2,1-5H3,(H,46,58)(H,48,61)(H,49,57)(H,50,59)(H,51,60)(H,53,54)/t20-,26-,27?,28-,29-/m0/s1. The van der Waals surface area contributed by atoms with Gasteiger partial charge < -0.3 is 45.9 Å². The summed E-state index contributed by atoms with van der Waals surface area (Å²) in [6.45, 7) is 3.23. The van der Waals surface area contributed by atoms with Gasteiger partial charge in [-0.25, -0.2) is 13.8 Å². The molecule has 0 aliphatic heterocycles. The molecule has 64 heavy (non-hydrogen) atoms. The van der Waals surface area contributed by atoms with Crippen LogP contribution in [0.3, 0.4) is 0 Å². The molecule has 3 aromatic rings. The number of fused-ring (bicyclic) bond motifs is 1. The molecule has 0 radical (unpaired) electrons. The molecule has 1 heterocycles. The van der Waals surface area contributed by atoms with Crippen molar-refractivity contribution in [2.75, 3.05) is 20.8 Å². The molecule has 1 unspecified atom stereocenters. The smallest absolute Gasteiger partial charge is 0.308 e. The summed E-state index contributed by atoms with van der Waals surface area (Å²) < 4.78 is 69.3. The summed E-state index contributed by atoms with van der Waals surface area (Å²) in [6.07, 6.45) is -3.00. The van der Waals surface area contributed by atoms with Gasteiger partial charge in [-0.15, -0.1) is 0 Å². The number of amides is 5. The lowest BCUT2D eigenvalue weighted by Crippen LogP contribution is -2.59. The van der Waals surface area contributed by atoms with Gasteiger partial charge in [0.1, 0.15) is 42.5 Å². The first-order chi connectivity index (χ1) is 30.1. The van der Waals surface area contributed by atoms with Crippen LogP contribution in [0.1, 0.15) is 63.4 Å². The van der Waals surface area contributed by atoms with E-state index in [1.165, 1.54) is 6.07 Å². The Balaban J connectivity index is 1.78. The molecule has 0 fully saturated rings. The maximum absolute atomic E-state index is 14.1. The third kappa shape index (κ3) is 15.0. The van der Waals surface area contributed by atoms with Crippen LogP contribution < -0.4 is 31.3 Å². The van der Waals surface area contributed by atoms with Crippen LogP contribution in [0.15, 0.2) is 42.5 Å². The van der Waals surface area contributed by atoms with Gasteiger partial charge in [0.15, 0.2) is 23.2 Å². The monoisotopic (exact) mass is 906 g/mol. The normalized spacial score (nSPS) is 13.3. The predicted molar refractivity (Wildman–Crippen MR) is 213 cm³/mol. The molecule has 0 aliphatic carbocycles. The maximum atomic E-state index is 14.1. The number of hydrogen-bond acceptors (Lipinski definition) is 13. The van der Waals surface area contributed by atoms with Crippen LogP contribution in [0, 0.1) is 29.2 Å². The van der Waals surface area contributed by atoms with E-state index in [4.69, 9.17) is 0 Å². The number of ether oxygens (including phenoxy) is 3. The van der Waals surface area contributed by atoms with Gasteiger partial charge in [0.05, 0.1) is 32.6 Å². The number of carbonyl (C=O) groups is 9. The SMILES string of the molecule is COC(=O)CC(NC(=O)[C@H](C)NC(=O)[C@H](CCC(=O)O)NC(=O)[C@H](CC(=O)OC)NC(=O)[C@H](CC(C)C)NC(=O)c1ccc2ccccc2n1)C(=O)COc1c(F)c(F)cc(F)c1F. The molecule has 0 bridgehead atoms. The summed E-state index contributed by atoms with van der Waals surface area (Å²) in [5.74, 6) is -19.4. The number of esters is 2. The second-order valence-electron chi connectivity index (χ2n) is 14.5. The highest BCUT2D eigenvalue weighted by Gasteiger charge is 2.34. The fraction of sp³-hybridized carbons (Fsp3) is 0.415.